The number of nitrogens with one attached hydrogen (secondary N) is 1. The summed E-state index contributed by atoms with van der Waals surface area (Å²) in [7, 11) is 3.62. The molecule has 18 heavy (non-hydrogen) atoms. The SMILES string of the molecule is COc1ccc(N/C=C/c2occ(C)[n+]2C)cc1. The third-order valence-electron chi connectivity index (χ3n) is 2.78. The fourth-order valence-corrected chi connectivity index (χ4v) is 1.53. The molecule has 1 aromatic heterocycles. The lowest BCUT2D eigenvalue weighted by molar-refractivity contribution is -0.682. The van der Waals surface area contributed by atoms with Gasteiger partial charge in [-0.25, -0.2) is 0 Å². The van der Waals surface area contributed by atoms with Crippen LogP contribution in [0.5, 0.6) is 5.75 Å². The molecule has 0 aliphatic carbocycles. The normalized spacial score (nSPS) is 10.8. The van der Waals surface area contributed by atoms with E-state index < -0.39 is 0 Å². The molecule has 1 N–H and O–H groups in total. The van der Waals surface area contributed by atoms with Gasteiger partial charge in [0.15, 0.2) is 6.26 Å². The Kier molecular flexibility index (Phi) is 3.67. The summed E-state index contributed by atoms with van der Waals surface area (Å²) in [4.78, 5) is 0. The molecular formula is C14H17N2O2+. The maximum absolute atomic E-state index is 5.39. The van der Waals surface area contributed by atoms with E-state index in [1.54, 1.807) is 13.4 Å². The van der Waals surface area contributed by atoms with Gasteiger partial charge in [-0.15, -0.1) is 0 Å². The van der Waals surface area contributed by atoms with Gasteiger partial charge >= 0.3 is 5.89 Å². The van der Waals surface area contributed by atoms with E-state index in [9.17, 15) is 0 Å². The van der Waals surface area contributed by atoms with E-state index in [1.165, 1.54) is 0 Å². The van der Waals surface area contributed by atoms with Crippen molar-refractivity contribution >= 4 is 11.8 Å². The van der Waals surface area contributed by atoms with Gasteiger partial charge in [-0.3, -0.25) is 0 Å². The first-order chi connectivity index (χ1) is 8.70. The molecule has 0 fully saturated rings. The summed E-state index contributed by atoms with van der Waals surface area (Å²) < 4.78 is 12.5. The van der Waals surface area contributed by atoms with E-state index in [-0.39, 0.29) is 0 Å². The lowest BCUT2D eigenvalue weighted by Crippen LogP contribution is -2.31. The minimum absolute atomic E-state index is 0.800. The molecule has 0 radical (unpaired) electrons. The Labute approximate surface area is 107 Å². The van der Waals surface area contributed by atoms with Gasteiger partial charge in [0, 0.05) is 18.8 Å². The molecule has 4 heteroatoms. The third-order valence-corrected chi connectivity index (χ3v) is 2.78. The number of nitrogens with zero attached hydrogens (tertiary/aromatic N) is 1. The largest absolute Gasteiger partial charge is 0.497 e. The van der Waals surface area contributed by atoms with Gasteiger partial charge in [0.2, 0.25) is 5.69 Å². The molecule has 0 aliphatic heterocycles. The summed E-state index contributed by atoms with van der Waals surface area (Å²) in [5.74, 6) is 1.64. The van der Waals surface area contributed by atoms with Gasteiger partial charge < -0.3 is 14.5 Å². The first kappa shape index (κ1) is 12.2. The third kappa shape index (κ3) is 2.71. The van der Waals surface area contributed by atoms with Gasteiger partial charge in [0.1, 0.15) is 12.8 Å². The number of methoxy groups -OCH3 is 1. The summed E-state index contributed by atoms with van der Waals surface area (Å²) in [5, 5.41) is 3.17. The monoisotopic (exact) mass is 245 g/mol. The van der Waals surface area contributed by atoms with Crippen molar-refractivity contribution in [1.82, 2.24) is 0 Å². The number of anilines is 1. The average Bonchev–Trinajstić information content (AvgIpc) is 2.71. The quantitative estimate of drug-likeness (QED) is 0.841. The molecule has 0 atom stereocenters. The Morgan fingerprint density at radius 2 is 2.00 bits per heavy atom. The number of hydrogen-bond acceptors (Lipinski definition) is 3. The molecule has 1 aromatic carbocycles. The summed E-state index contributed by atoms with van der Waals surface area (Å²) in [6, 6.07) is 7.73. The summed E-state index contributed by atoms with van der Waals surface area (Å²) >= 11 is 0. The Bertz CT molecular complexity index is 541. The zero-order valence-corrected chi connectivity index (χ0v) is 10.8. The molecule has 0 amide bonds. The van der Waals surface area contributed by atoms with Crippen LogP contribution in [0.2, 0.25) is 0 Å². The van der Waals surface area contributed by atoms with Crippen LogP contribution in [0.3, 0.4) is 0 Å². The van der Waals surface area contributed by atoms with Crippen LogP contribution in [0, 0.1) is 6.92 Å². The van der Waals surface area contributed by atoms with Crippen molar-refractivity contribution < 1.29 is 13.7 Å². The van der Waals surface area contributed by atoms with Crippen LogP contribution in [0.15, 0.2) is 41.1 Å². The van der Waals surface area contributed by atoms with E-state index in [2.05, 4.69) is 5.32 Å². The molecule has 2 rings (SSSR count). The second kappa shape index (κ2) is 5.40. The Morgan fingerprint density at radius 1 is 1.28 bits per heavy atom. The zero-order valence-electron chi connectivity index (χ0n) is 10.8. The highest BCUT2D eigenvalue weighted by molar-refractivity contribution is 5.51. The second-order valence-electron chi connectivity index (χ2n) is 3.98. The summed E-state index contributed by atoms with van der Waals surface area (Å²) in [6.07, 6.45) is 5.46. The van der Waals surface area contributed by atoms with Crippen LogP contribution in [0.4, 0.5) is 5.69 Å². The molecule has 2 aromatic rings. The van der Waals surface area contributed by atoms with Crippen molar-refractivity contribution in [3.05, 3.63) is 48.3 Å². The first-order valence-electron chi connectivity index (χ1n) is 5.72. The summed E-state index contributed by atoms with van der Waals surface area (Å²) in [6.45, 7) is 2.00. The highest BCUT2D eigenvalue weighted by Crippen LogP contribution is 2.15. The lowest BCUT2D eigenvalue weighted by atomic mass is 10.3. The lowest BCUT2D eigenvalue weighted by Gasteiger charge is -2.02. The van der Waals surface area contributed by atoms with E-state index in [0.29, 0.717) is 0 Å². The van der Waals surface area contributed by atoms with Gasteiger partial charge in [-0.1, -0.05) is 0 Å². The number of aromatic nitrogens is 1. The number of rotatable bonds is 4. The molecule has 0 bridgehead atoms. The molecular weight excluding hydrogens is 228 g/mol. The fourth-order valence-electron chi connectivity index (χ4n) is 1.53. The van der Waals surface area contributed by atoms with Crippen LogP contribution in [0.1, 0.15) is 11.6 Å². The van der Waals surface area contributed by atoms with Crippen LogP contribution in [0.25, 0.3) is 6.08 Å². The van der Waals surface area contributed by atoms with E-state index in [0.717, 1.165) is 23.0 Å². The minimum Gasteiger partial charge on any atom is -0.497 e. The number of ether oxygens (including phenoxy) is 1. The van der Waals surface area contributed by atoms with Crippen molar-refractivity contribution in [3.8, 4) is 5.75 Å². The van der Waals surface area contributed by atoms with Crippen molar-refractivity contribution in [3.63, 3.8) is 0 Å². The number of hydrogen-bond donors (Lipinski definition) is 1. The maximum atomic E-state index is 5.39. The van der Waals surface area contributed by atoms with Crippen molar-refractivity contribution in [2.45, 2.75) is 6.92 Å². The molecule has 94 valence electrons. The van der Waals surface area contributed by atoms with Gasteiger partial charge in [-0.2, -0.15) is 4.57 Å². The Morgan fingerprint density at radius 3 is 2.56 bits per heavy atom. The number of benzene rings is 1. The van der Waals surface area contributed by atoms with E-state index >= 15 is 0 Å². The highest BCUT2D eigenvalue weighted by atomic mass is 16.5. The molecule has 0 unspecified atom stereocenters. The molecule has 0 aliphatic rings. The second-order valence-corrected chi connectivity index (χ2v) is 3.98. The molecule has 4 nitrogen and oxygen atoms in total. The average molecular weight is 245 g/mol. The van der Waals surface area contributed by atoms with Crippen molar-refractivity contribution in [2.24, 2.45) is 7.05 Å². The molecule has 1 heterocycles. The van der Waals surface area contributed by atoms with E-state index in [4.69, 9.17) is 9.15 Å². The fraction of sp³-hybridized carbons (Fsp3) is 0.214. The maximum Gasteiger partial charge on any atom is 0.374 e. The summed E-state index contributed by atoms with van der Waals surface area (Å²) in [5.41, 5.74) is 2.08. The Balaban J connectivity index is 2.00. The van der Waals surface area contributed by atoms with Gasteiger partial charge in [0.05, 0.1) is 13.2 Å². The predicted octanol–water partition coefficient (Wildman–Crippen LogP) is 2.50. The topological polar surface area (TPSA) is 38.3 Å². The smallest absolute Gasteiger partial charge is 0.374 e. The standard InChI is InChI=1S/C14H16N2O2/c1-11-10-18-14(16(11)2)8-9-15-12-4-6-13(17-3)7-5-12/h4-10H,1-3H3/p+1. The van der Waals surface area contributed by atoms with Gasteiger partial charge in [-0.05, 0) is 24.3 Å². The van der Waals surface area contributed by atoms with Crippen molar-refractivity contribution in [2.75, 3.05) is 12.4 Å². The first-order valence-corrected chi connectivity index (χ1v) is 5.72. The zero-order chi connectivity index (χ0) is 13.0. The molecule has 0 saturated carbocycles. The van der Waals surface area contributed by atoms with Crippen LogP contribution >= 0.6 is 0 Å². The molecule has 0 spiro atoms. The molecule has 0 saturated heterocycles. The highest BCUT2D eigenvalue weighted by Gasteiger charge is 2.10. The Hall–Kier alpha value is -2.23. The number of oxazole rings is 1. The number of aryl methyl sites for hydroxylation is 1. The predicted molar refractivity (Wildman–Crippen MR) is 70.3 cm³/mol. The van der Waals surface area contributed by atoms with Gasteiger partial charge in [0.25, 0.3) is 0 Å². The minimum atomic E-state index is 0.800. The van der Waals surface area contributed by atoms with Crippen LogP contribution in [-0.4, -0.2) is 7.11 Å². The van der Waals surface area contributed by atoms with Crippen LogP contribution < -0.4 is 14.6 Å². The van der Waals surface area contributed by atoms with Crippen molar-refractivity contribution in [1.29, 1.82) is 0 Å². The van der Waals surface area contributed by atoms with Crippen LogP contribution in [-0.2, 0) is 7.05 Å². The van der Waals surface area contributed by atoms with E-state index in [1.807, 2.05) is 55.1 Å².